The highest BCUT2D eigenvalue weighted by atomic mass is 35.5. The monoisotopic (exact) mass is 286 g/mol. The number of hydrogen-bond donors (Lipinski definition) is 1. The second-order valence-electron chi connectivity index (χ2n) is 4.14. The number of rotatable bonds is 3. The van der Waals surface area contributed by atoms with E-state index in [0.717, 1.165) is 11.3 Å². The minimum absolute atomic E-state index is 0.601. The van der Waals surface area contributed by atoms with E-state index in [-0.39, 0.29) is 0 Å². The van der Waals surface area contributed by atoms with Gasteiger partial charge in [0, 0.05) is 10.6 Å². The van der Waals surface area contributed by atoms with Crippen molar-refractivity contribution in [3.63, 3.8) is 0 Å². The van der Waals surface area contributed by atoms with Gasteiger partial charge in [-0.3, -0.25) is 5.43 Å². The van der Waals surface area contributed by atoms with Gasteiger partial charge >= 0.3 is 0 Å². The summed E-state index contributed by atoms with van der Waals surface area (Å²) >= 11 is 6.12. The van der Waals surface area contributed by atoms with Crippen LogP contribution in [0.5, 0.6) is 0 Å². The number of nitrogens with one attached hydrogen (secondary N) is 1. The fourth-order valence-corrected chi connectivity index (χ4v) is 2.02. The lowest BCUT2D eigenvalue weighted by atomic mass is 10.1. The molecule has 0 fully saturated rings. The first-order valence-electron chi connectivity index (χ1n) is 5.96. The van der Waals surface area contributed by atoms with Gasteiger partial charge in [-0.25, -0.2) is 0 Å². The Morgan fingerprint density at radius 3 is 2.95 bits per heavy atom. The molecule has 0 spiro atoms. The molecule has 0 aliphatic heterocycles. The zero-order valence-electron chi connectivity index (χ0n) is 10.7. The number of nitrogens with zero attached hydrogens (tertiary/aromatic N) is 5. The first-order chi connectivity index (χ1) is 9.74. The molecule has 100 valence electrons. The van der Waals surface area contributed by atoms with Gasteiger partial charge in [-0.1, -0.05) is 29.8 Å². The van der Waals surface area contributed by atoms with Gasteiger partial charge in [0.1, 0.15) is 6.33 Å². The van der Waals surface area contributed by atoms with Gasteiger partial charge in [0.2, 0.25) is 0 Å². The fourth-order valence-electron chi connectivity index (χ4n) is 1.74. The van der Waals surface area contributed by atoms with E-state index in [0.29, 0.717) is 16.5 Å². The minimum Gasteiger partial charge on any atom is -0.260 e. The molecule has 6 nitrogen and oxygen atoms in total. The quantitative estimate of drug-likeness (QED) is 0.594. The Labute approximate surface area is 120 Å². The maximum Gasteiger partial charge on any atom is 0.177 e. The Balaban J connectivity index is 1.84. The van der Waals surface area contributed by atoms with E-state index in [1.165, 1.54) is 6.33 Å². The minimum atomic E-state index is 0.601. The van der Waals surface area contributed by atoms with Crippen molar-refractivity contribution in [1.29, 1.82) is 0 Å². The van der Waals surface area contributed by atoms with Crippen LogP contribution in [0.3, 0.4) is 0 Å². The van der Waals surface area contributed by atoms with Crippen molar-refractivity contribution >= 4 is 28.8 Å². The van der Waals surface area contributed by atoms with E-state index in [9.17, 15) is 0 Å². The third kappa shape index (κ3) is 2.46. The highest BCUT2D eigenvalue weighted by Gasteiger charge is 2.03. The largest absolute Gasteiger partial charge is 0.260 e. The molecule has 20 heavy (non-hydrogen) atoms. The fraction of sp³-hybridized carbons (Fsp3) is 0.0769. The molecule has 7 heteroatoms. The lowest BCUT2D eigenvalue weighted by molar-refractivity contribution is 0.924. The van der Waals surface area contributed by atoms with Crippen LogP contribution in [0.4, 0.5) is 5.82 Å². The van der Waals surface area contributed by atoms with Gasteiger partial charge in [-0.2, -0.15) is 9.62 Å². The number of fused-ring (bicyclic) bond motifs is 1. The van der Waals surface area contributed by atoms with Gasteiger partial charge in [0.15, 0.2) is 11.5 Å². The number of aromatic nitrogens is 4. The molecule has 0 aliphatic carbocycles. The van der Waals surface area contributed by atoms with Crippen LogP contribution in [0.2, 0.25) is 5.02 Å². The molecule has 0 bridgehead atoms. The Kier molecular flexibility index (Phi) is 3.30. The third-order valence-electron chi connectivity index (χ3n) is 2.76. The van der Waals surface area contributed by atoms with Crippen LogP contribution in [-0.4, -0.2) is 25.5 Å². The lowest BCUT2D eigenvalue weighted by Crippen LogP contribution is -2.03. The van der Waals surface area contributed by atoms with Crippen LogP contribution in [-0.2, 0) is 0 Å². The Morgan fingerprint density at radius 2 is 2.10 bits per heavy atom. The van der Waals surface area contributed by atoms with E-state index in [2.05, 4.69) is 25.8 Å². The summed E-state index contributed by atoms with van der Waals surface area (Å²) in [4.78, 5) is 0. The summed E-state index contributed by atoms with van der Waals surface area (Å²) in [6.45, 7) is 1.88. The Hall–Kier alpha value is -2.47. The molecular formula is C13H11ClN6. The van der Waals surface area contributed by atoms with E-state index in [1.54, 1.807) is 10.6 Å². The molecule has 2 aromatic heterocycles. The van der Waals surface area contributed by atoms with Crippen LogP contribution in [0.1, 0.15) is 12.5 Å². The second kappa shape index (κ2) is 5.26. The number of anilines is 1. The molecule has 0 saturated carbocycles. The van der Waals surface area contributed by atoms with E-state index in [1.807, 2.05) is 37.3 Å². The topological polar surface area (TPSA) is 67.5 Å². The Morgan fingerprint density at radius 1 is 1.25 bits per heavy atom. The van der Waals surface area contributed by atoms with Gasteiger partial charge in [0.05, 0.1) is 5.71 Å². The zero-order valence-corrected chi connectivity index (χ0v) is 11.4. The normalized spacial score (nSPS) is 11.8. The average Bonchev–Trinajstić information content (AvgIpc) is 2.92. The van der Waals surface area contributed by atoms with E-state index < -0.39 is 0 Å². The van der Waals surface area contributed by atoms with Crippen molar-refractivity contribution in [2.45, 2.75) is 6.92 Å². The summed E-state index contributed by atoms with van der Waals surface area (Å²) in [7, 11) is 0. The molecule has 1 aromatic carbocycles. The van der Waals surface area contributed by atoms with Crippen molar-refractivity contribution in [1.82, 2.24) is 19.8 Å². The standard InChI is InChI=1S/C13H11ClN6/c1-9(10-4-2-3-5-11(10)14)16-17-12-6-7-13-18-15-8-20(13)19-12/h2-8H,1H3,(H,17,19)/b16-9+. The van der Waals surface area contributed by atoms with Gasteiger partial charge < -0.3 is 0 Å². The SMILES string of the molecule is C/C(=N\Nc1ccc2nncn2n1)c1ccccc1Cl. The molecule has 0 radical (unpaired) electrons. The molecule has 0 saturated heterocycles. The van der Waals surface area contributed by atoms with Crippen molar-refractivity contribution in [2.75, 3.05) is 5.43 Å². The molecule has 0 atom stereocenters. The summed E-state index contributed by atoms with van der Waals surface area (Å²) in [5, 5.41) is 16.9. The molecule has 1 N–H and O–H groups in total. The third-order valence-corrected chi connectivity index (χ3v) is 3.09. The summed E-state index contributed by atoms with van der Waals surface area (Å²) in [5.74, 6) is 0.601. The molecule has 3 aromatic rings. The van der Waals surface area contributed by atoms with Crippen LogP contribution in [0.15, 0.2) is 47.8 Å². The second-order valence-corrected chi connectivity index (χ2v) is 4.55. The van der Waals surface area contributed by atoms with Gasteiger partial charge in [-0.05, 0) is 25.1 Å². The summed E-state index contributed by atoms with van der Waals surface area (Å²) in [5.41, 5.74) is 5.24. The van der Waals surface area contributed by atoms with E-state index in [4.69, 9.17) is 11.6 Å². The number of benzene rings is 1. The van der Waals surface area contributed by atoms with Crippen LogP contribution in [0, 0.1) is 0 Å². The highest BCUT2D eigenvalue weighted by Crippen LogP contribution is 2.16. The lowest BCUT2D eigenvalue weighted by Gasteiger charge is -2.04. The highest BCUT2D eigenvalue weighted by molar-refractivity contribution is 6.34. The molecule has 2 heterocycles. The van der Waals surface area contributed by atoms with Crippen molar-refractivity contribution in [2.24, 2.45) is 5.10 Å². The molecule has 0 amide bonds. The van der Waals surface area contributed by atoms with Crippen LogP contribution < -0.4 is 5.43 Å². The maximum absolute atomic E-state index is 6.12. The van der Waals surface area contributed by atoms with Crippen molar-refractivity contribution in [3.8, 4) is 0 Å². The summed E-state index contributed by atoms with van der Waals surface area (Å²) in [6.07, 6.45) is 1.53. The molecule has 0 aliphatic rings. The number of hydrogen-bond acceptors (Lipinski definition) is 5. The van der Waals surface area contributed by atoms with E-state index >= 15 is 0 Å². The van der Waals surface area contributed by atoms with Gasteiger partial charge in [-0.15, -0.1) is 15.3 Å². The first-order valence-corrected chi connectivity index (χ1v) is 6.34. The zero-order chi connectivity index (χ0) is 13.9. The van der Waals surface area contributed by atoms with Gasteiger partial charge in [0.25, 0.3) is 0 Å². The molecular weight excluding hydrogens is 276 g/mol. The first kappa shape index (κ1) is 12.6. The number of halogens is 1. The summed E-state index contributed by atoms with van der Waals surface area (Å²) < 4.78 is 1.57. The van der Waals surface area contributed by atoms with Crippen LogP contribution in [0.25, 0.3) is 5.65 Å². The predicted molar refractivity (Wildman–Crippen MR) is 78.1 cm³/mol. The number of hydrazone groups is 1. The van der Waals surface area contributed by atoms with Crippen molar-refractivity contribution in [3.05, 3.63) is 53.3 Å². The molecule has 0 unspecified atom stereocenters. The summed E-state index contributed by atoms with van der Waals surface area (Å²) in [6, 6.07) is 11.1. The van der Waals surface area contributed by atoms with Crippen molar-refractivity contribution < 1.29 is 0 Å². The average molecular weight is 287 g/mol. The predicted octanol–water partition coefficient (Wildman–Crippen LogP) is 2.61. The molecule has 3 rings (SSSR count). The smallest absolute Gasteiger partial charge is 0.177 e. The maximum atomic E-state index is 6.12. The van der Waals surface area contributed by atoms with Crippen LogP contribution >= 0.6 is 11.6 Å². The Bertz CT molecular complexity index is 779.